The highest BCUT2D eigenvalue weighted by molar-refractivity contribution is 7.89. The van der Waals surface area contributed by atoms with Crippen LogP contribution in [0.4, 0.5) is 8.78 Å². The van der Waals surface area contributed by atoms with Gasteiger partial charge in [0.2, 0.25) is 5.16 Å². The van der Waals surface area contributed by atoms with E-state index in [-0.39, 0.29) is 46.1 Å². The number of hydrogen-bond acceptors (Lipinski definition) is 8. The first-order valence-corrected chi connectivity index (χ1v) is 15.4. The Labute approximate surface area is 251 Å². The SMILES string of the molecule is Cn1ccnc1S(=O)(=O)N1CCC[C@H]1C(=O)O[C@@H](Cc1c(Cl)cncc1Cl)c1ccc(OC(F)F)c(OCC2CC2)c1. The van der Waals surface area contributed by atoms with Gasteiger partial charge in [0.1, 0.15) is 12.1 Å². The molecule has 1 saturated carbocycles. The van der Waals surface area contributed by atoms with Crippen molar-refractivity contribution in [1.29, 1.82) is 0 Å². The van der Waals surface area contributed by atoms with Crippen LogP contribution >= 0.6 is 23.2 Å². The maximum Gasteiger partial charge on any atom is 0.387 e. The summed E-state index contributed by atoms with van der Waals surface area (Å²) in [4.78, 5) is 21.5. The number of pyridine rings is 1. The summed E-state index contributed by atoms with van der Waals surface area (Å²) < 4.78 is 71.8. The number of hydrogen-bond donors (Lipinski definition) is 0. The zero-order valence-electron chi connectivity index (χ0n) is 22.5. The van der Waals surface area contributed by atoms with Crippen LogP contribution in [0.2, 0.25) is 10.0 Å². The number of alkyl halides is 2. The van der Waals surface area contributed by atoms with Gasteiger partial charge in [0.05, 0.1) is 16.7 Å². The molecule has 2 fully saturated rings. The van der Waals surface area contributed by atoms with Gasteiger partial charge in [-0.3, -0.25) is 9.78 Å². The van der Waals surface area contributed by atoms with Crippen molar-refractivity contribution >= 4 is 39.2 Å². The predicted octanol–water partition coefficient (Wildman–Crippen LogP) is 5.19. The molecule has 1 aliphatic heterocycles. The molecule has 2 aliphatic rings. The lowest BCUT2D eigenvalue weighted by Gasteiger charge is -2.26. The second-order valence-corrected chi connectivity index (χ2v) is 12.7. The first-order valence-electron chi connectivity index (χ1n) is 13.2. The number of carbonyl (C=O) groups is 1. The van der Waals surface area contributed by atoms with E-state index < -0.39 is 34.7 Å². The summed E-state index contributed by atoms with van der Waals surface area (Å²) in [6.07, 6.45) is 7.22. The lowest BCUT2D eigenvalue weighted by Crippen LogP contribution is -2.42. The minimum atomic E-state index is -4.10. The maximum atomic E-state index is 13.6. The number of imidazole rings is 1. The average Bonchev–Trinajstić information content (AvgIpc) is 3.42. The topological polar surface area (TPSA) is 113 Å². The van der Waals surface area contributed by atoms with Crippen LogP contribution in [0.5, 0.6) is 11.5 Å². The second kappa shape index (κ2) is 12.7. The number of esters is 1. The molecule has 3 heterocycles. The molecule has 5 rings (SSSR count). The number of carbonyl (C=O) groups excluding carboxylic acids is 1. The zero-order valence-corrected chi connectivity index (χ0v) is 24.8. The quantitative estimate of drug-likeness (QED) is 0.248. The molecule has 0 unspecified atom stereocenters. The fraction of sp³-hybridized carbons (Fsp3) is 0.444. The number of rotatable bonds is 12. The zero-order chi connectivity index (χ0) is 30.0. The Balaban J connectivity index is 1.46. The van der Waals surface area contributed by atoms with Gasteiger partial charge in [0.25, 0.3) is 10.0 Å². The van der Waals surface area contributed by atoms with Crippen molar-refractivity contribution < 1.29 is 36.2 Å². The molecule has 1 aromatic carbocycles. The van der Waals surface area contributed by atoms with E-state index in [1.165, 1.54) is 47.6 Å². The summed E-state index contributed by atoms with van der Waals surface area (Å²) in [6, 6.07) is 3.15. The molecule has 0 bridgehead atoms. The van der Waals surface area contributed by atoms with Crippen LogP contribution in [0.3, 0.4) is 0 Å². The summed E-state index contributed by atoms with van der Waals surface area (Å²) in [5, 5.41) is 0.263. The van der Waals surface area contributed by atoms with Crippen molar-refractivity contribution in [2.24, 2.45) is 13.0 Å². The van der Waals surface area contributed by atoms with Crippen LogP contribution in [-0.4, -0.2) is 59.0 Å². The summed E-state index contributed by atoms with van der Waals surface area (Å²) >= 11 is 12.7. The van der Waals surface area contributed by atoms with Gasteiger partial charge in [0.15, 0.2) is 11.5 Å². The molecule has 226 valence electrons. The smallest absolute Gasteiger partial charge is 0.387 e. The van der Waals surface area contributed by atoms with E-state index in [1.807, 2.05) is 0 Å². The molecule has 10 nitrogen and oxygen atoms in total. The third-order valence-electron chi connectivity index (χ3n) is 7.12. The predicted molar refractivity (Wildman–Crippen MR) is 148 cm³/mol. The Morgan fingerprint density at radius 3 is 2.52 bits per heavy atom. The molecule has 1 aliphatic carbocycles. The van der Waals surface area contributed by atoms with Crippen LogP contribution in [0, 0.1) is 5.92 Å². The van der Waals surface area contributed by atoms with E-state index in [0.29, 0.717) is 30.1 Å². The highest BCUT2D eigenvalue weighted by atomic mass is 35.5. The molecule has 1 saturated heterocycles. The minimum absolute atomic E-state index is 0.0120. The summed E-state index contributed by atoms with van der Waals surface area (Å²) in [5.74, 6) is -0.565. The minimum Gasteiger partial charge on any atom is -0.489 e. The van der Waals surface area contributed by atoms with Crippen molar-refractivity contribution in [1.82, 2.24) is 18.8 Å². The van der Waals surface area contributed by atoms with E-state index in [4.69, 9.17) is 32.7 Å². The van der Waals surface area contributed by atoms with E-state index in [1.54, 1.807) is 7.05 Å². The number of halogens is 4. The highest BCUT2D eigenvalue weighted by Crippen LogP contribution is 2.38. The molecule has 0 amide bonds. The number of aromatic nitrogens is 3. The number of ether oxygens (including phenoxy) is 3. The van der Waals surface area contributed by atoms with E-state index in [9.17, 15) is 22.0 Å². The van der Waals surface area contributed by atoms with Gasteiger partial charge in [-0.2, -0.15) is 13.1 Å². The van der Waals surface area contributed by atoms with Crippen LogP contribution in [0.15, 0.2) is 48.1 Å². The standard InChI is InChI=1S/C27H28Cl2F2N4O6S/c1-34-10-8-33-27(34)42(37,38)35-9-2-3-21(35)25(36)40-23(12-18-19(28)13-32-14-20(18)29)17-6-7-22(41-26(30)31)24(11-17)39-15-16-4-5-16/h6-8,10-11,13-14,16,21,23,26H,2-5,9,12,15H2,1H3/t21-,23-/m0/s1. The van der Waals surface area contributed by atoms with Gasteiger partial charge in [-0.25, -0.2) is 13.4 Å². The van der Waals surface area contributed by atoms with Crippen molar-refractivity contribution in [3.63, 3.8) is 0 Å². The lowest BCUT2D eigenvalue weighted by atomic mass is 10.0. The van der Waals surface area contributed by atoms with Gasteiger partial charge < -0.3 is 18.8 Å². The van der Waals surface area contributed by atoms with Crippen LogP contribution in [0.1, 0.15) is 42.9 Å². The van der Waals surface area contributed by atoms with Gasteiger partial charge in [-0.1, -0.05) is 29.3 Å². The Morgan fingerprint density at radius 1 is 1.14 bits per heavy atom. The third-order valence-corrected chi connectivity index (χ3v) is 9.68. The van der Waals surface area contributed by atoms with Gasteiger partial charge in [0, 0.05) is 44.8 Å². The molecule has 2 atom stereocenters. The van der Waals surface area contributed by atoms with Crippen molar-refractivity contribution in [2.45, 2.75) is 56.0 Å². The van der Waals surface area contributed by atoms with Crippen LogP contribution < -0.4 is 9.47 Å². The normalized spacial score (nSPS) is 18.3. The van der Waals surface area contributed by atoms with E-state index in [2.05, 4.69) is 14.7 Å². The van der Waals surface area contributed by atoms with Crippen molar-refractivity contribution in [3.8, 4) is 11.5 Å². The molecule has 0 radical (unpaired) electrons. The van der Waals surface area contributed by atoms with E-state index >= 15 is 0 Å². The molecule has 15 heteroatoms. The number of sulfonamides is 1. The molecular weight excluding hydrogens is 617 g/mol. The number of aryl methyl sites for hydroxylation is 1. The number of nitrogens with zero attached hydrogens (tertiary/aromatic N) is 4. The largest absolute Gasteiger partial charge is 0.489 e. The third kappa shape index (κ3) is 6.80. The monoisotopic (exact) mass is 644 g/mol. The summed E-state index contributed by atoms with van der Waals surface area (Å²) in [5.41, 5.74) is 0.819. The summed E-state index contributed by atoms with van der Waals surface area (Å²) in [6.45, 7) is -2.64. The molecule has 0 spiro atoms. The fourth-order valence-corrected chi connectivity index (χ4v) is 7.00. The Kier molecular flexibility index (Phi) is 9.21. The first kappa shape index (κ1) is 30.5. The summed E-state index contributed by atoms with van der Waals surface area (Å²) in [7, 11) is -2.55. The van der Waals surface area contributed by atoms with Crippen molar-refractivity contribution in [3.05, 3.63) is 64.2 Å². The van der Waals surface area contributed by atoms with Gasteiger partial charge >= 0.3 is 12.6 Å². The van der Waals surface area contributed by atoms with E-state index in [0.717, 1.165) is 17.1 Å². The maximum absolute atomic E-state index is 13.6. The Bertz CT molecular complexity index is 1530. The number of benzene rings is 1. The molecule has 42 heavy (non-hydrogen) atoms. The molecular formula is C27H28Cl2F2N4O6S. The van der Waals surface area contributed by atoms with Crippen LogP contribution in [0.25, 0.3) is 0 Å². The molecule has 3 aromatic rings. The Hall–Kier alpha value is -3.00. The molecule has 0 N–H and O–H groups in total. The Morgan fingerprint density at radius 2 is 1.88 bits per heavy atom. The van der Waals surface area contributed by atoms with Crippen LogP contribution in [-0.2, 0) is 33.0 Å². The van der Waals surface area contributed by atoms with Gasteiger partial charge in [-0.05, 0) is 54.9 Å². The fourth-order valence-electron chi connectivity index (χ4n) is 4.76. The second-order valence-electron chi connectivity index (χ2n) is 10.1. The lowest BCUT2D eigenvalue weighted by molar-refractivity contribution is -0.153. The first-order chi connectivity index (χ1) is 20.0. The van der Waals surface area contributed by atoms with Gasteiger partial charge in [-0.15, -0.1) is 0 Å². The average molecular weight is 646 g/mol. The highest BCUT2D eigenvalue weighted by Gasteiger charge is 2.43. The van der Waals surface area contributed by atoms with Crippen molar-refractivity contribution in [2.75, 3.05) is 13.2 Å². The molecule has 2 aromatic heterocycles.